The van der Waals surface area contributed by atoms with Crippen LogP contribution in [0.1, 0.15) is 27.0 Å². The summed E-state index contributed by atoms with van der Waals surface area (Å²) in [4.78, 5) is 0. The Morgan fingerprint density at radius 3 is 2.00 bits per heavy atom. The Morgan fingerprint density at radius 1 is 1.18 bits per heavy atom. The normalized spacial score (nSPS) is 7.27. The van der Waals surface area contributed by atoms with Crippen LogP contribution >= 0.6 is 0 Å². The van der Waals surface area contributed by atoms with E-state index in [1.54, 1.807) is 0 Å². The molecule has 1 aromatic heterocycles. The summed E-state index contributed by atoms with van der Waals surface area (Å²) in [6.07, 6.45) is 2.04. The lowest BCUT2D eigenvalue weighted by atomic mass is 10.4. The number of aryl methyl sites for hydroxylation is 2. The van der Waals surface area contributed by atoms with E-state index in [-0.39, 0.29) is 7.43 Å². The van der Waals surface area contributed by atoms with Gasteiger partial charge in [-0.25, -0.2) is 4.57 Å². The Bertz CT molecular complexity index is 161. The molecule has 1 aromatic rings. The number of hydrogen-bond acceptors (Lipinski definition) is 0. The Balaban J connectivity index is 0. The molecule has 0 N–H and O–H groups in total. The molecule has 1 heteroatoms. The lowest BCUT2D eigenvalue weighted by molar-refractivity contribution is -0.677. The second-order valence-electron chi connectivity index (χ2n) is 1.95. The Labute approximate surface area is 70.7 Å². The third-order valence-corrected chi connectivity index (χ3v) is 1.31. The van der Waals surface area contributed by atoms with Crippen molar-refractivity contribution >= 4 is 0 Å². The molecular formula is C10H20N+. The van der Waals surface area contributed by atoms with E-state index in [4.69, 9.17) is 0 Å². The molecule has 0 radical (unpaired) electrons. The first kappa shape index (κ1) is 12.8. The second-order valence-corrected chi connectivity index (χ2v) is 1.95. The summed E-state index contributed by atoms with van der Waals surface area (Å²) in [5.74, 6) is 0. The van der Waals surface area contributed by atoms with Crippen molar-refractivity contribution < 1.29 is 4.57 Å². The van der Waals surface area contributed by atoms with Gasteiger partial charge in [0.15, 0.2) is 11.9 Å². The van der Waals surface area contributed by atoms with Crippen LogP contribution in [0.2, 0.25) is 0 Å². The van der Waals surface area contributed by atoms with E-state index in [0.29, 0.717) is 0 Å². The Kier molecular flexibility index (Phi) is 8.44. The first-order chi connectivity index (χ1) is 4.80. The molecule has 1 nitrogen and oxygen atoms in total. The molecular weight excluding hydrogens is 134 g/mol. The average molecular weight is 154 g/mol. The number of hydrogen-bond donors (Lipinski definition) is 0. The summed E-state index contributed by atoms with van der Waals surface area (Å²) in [6.45, 7) is 6.08. The highest BCUT2D eigenvalue weighted by molar-refractivity contribution is 4.93. The van der Waals surface area contributed by atoms with Gasteiger partial charge in [0.05, 0.1) is 0 Å². The second kappa shape index (κ2) is 7.26. The summed E-state index contributed by atoms with van der Waals surface area (Å²) in [6, 6.07) is 6.14. The van der Waals surface area contributed by atoms with Gasteiger partial charge in [-0.15, -0.1) is 0 Å². The Hall–Kier alpha value is -0.850. The maximum Gasteiger partial charge on any atom is 0.177 e. The van der Waals surface area contributed by atoms with Gasteiger partial charge in [0.1, 0.15) is 7.05 Å². The van der Waals surface area contributed by atoms with Crippen LogP contribution in [0.5, 0.6) is 0 Å². The van der Waals surface area contributed by atoms with Gasteiger partial charge in [-0.1, -0.05) is 27.3 Å². The third kappa shape index (κ3) is 4.54. The topological polar surface area (TPSA) is 3.88 Å². The van der Waals surface area contributed by atoms with E-state index in [1.165, 1.54) is 5.69 Å². The van der Waals surface area contributed by atoms with Gasteiger partial charge < -0.3 is 0 Å². The van der Waals surface area contributed by atoms with Crippen molar-refractivity contribution in [1.82, 2.24) is 0 Å². The third-order valence-electron chi connectivity index (χ3n) is 1.31. The summed E-state index contributed by atoms with van der Waals surface area (Å²) in [5, 5.41) is 0. The molecule has 0 spiro atoms. The summed E-state index contributed by atoms with van der Waals surface area (Å²) in [7, 11) is 2.04. The SMILES string of the molecule is C.CC.Cc1cccc[n+]1C. The van der Waals surface area contributed by atoms with Gasteiger partial charge in [-0.05, 0) is 0 Å². The highest BCUT2D eigenvalue weighted by atomic mass is 14.9. The van der Waals surface area contributed by atoms with E-state index in [1.807, 2.05) is 39.2 Å². The van der Waals surface area contributed by atoms with Crippen LogP contribution < -0.4 is 4.57 Å². The number of pyridine rings is 1. The number of aromatic nitrogens is 1. The van der Waals surface area contributed by atoms with Crippen molar-refractivity contribution in [3.05, 3.63) is 30.1 Å². The zero-order chi connectivity index (χ0) is 7.98. The molecule has 0 saturated heterocycles. The van der Waals surface area contributed by atoms with E-state index in [9.17, 15) is 0 Å². The molecule has 0 atom stereocenters. The molecule has 0 saturated carbocycles. The van der Waals surface area contributed by atoms with E-state index in [0.717, 1.165) is 0 Å². The van der Waals surface area contributed by atoms with Crippen LogP contribution in [0.3, 0.4) is 0 Å². The molecule has 0 aliphatic rings. The number of rotatable bonds is 0. The largest absolute Gasteiger partial charge is 0.205 e. The monoisotopic (exact) mass is 154 g/mol. The molecule has 64 valence electrons. The maximum absolute atomic E-state index is 2.08. The molecule has 0 unspecified atom stereocenters. The Morgan fingerprint density at radius 2 is 1.73 bits per heavy atom. The van der Waals surface area contributed by atoms with Gasteiger partial charge in [-0.3, -0.25) is 0 Å². The molecule has 1 heterocycles. The fourth-order valence-corrected chi connectivity index (χ4v) is 0.609. The first-order valence-electron chi connectivity index (χ1n) is 3.72. The minimum Gasteiger partial charge on any atom is -0.205 e. The fourth-order valence-electron chi connectivity index (χ4n) is 0.609. The van der Waals surface area contributed by atoms with Crippen molar-refractivity contribution in [2.75, 3.05) is 0 Å². The number of nitrogens with zero attached hydrogens (tertiary/aromatic N) is 1. The molecule has 0 aliphatic carbocycles. The lowest BCUT2D eigenvalue weighted by Crippen LogP contribution is -2.30. The fraction of sp³-hybridized carbons (Fsp3) is 0.500. The van der Waals surface area contributed by atoms with Crippen LogP contribution in [0, 0.1) is 6.92 Å². The van der Waals surface area contributed by atoms with E-state index < -0.39 is 0 Å². The summed E-state index contributed by atoms with van der Waals surface area (Å²) in [5.41, 5.74) is 1.28. The minimum absolute atomic E-state index is 0. The van der Waals surface area contributed by atoms with Crippen molar-refractivity contribution in [3.63, 3.8) is 0 Å². The minimum atomic E-state index is 0. The summed E-state index contributed by atoms with van der Waals surface area (Å²) >= 11 is 0. The van der Waals surface area contributed by atoms with Crippen molar-refractivity contribution in [2.45, 2.75) is 28.2 Å². The highest BCUT2D eigenvalue weighted by Gasteiger charge is 1.91. The van der Waals surface area contributed by atoms with E-state index in [2.05, 4.69) is 17.6 Å². The van der Waals surface area contributed by atoms with Gasteiger partial charge in [0.2, 0.25) is 0 Å². The molecule has 1 rings (SSSR count). The van der Waals surface area contributed by atoms with Gasteiger partial charge in [-0.2, -0.15) is 0 Å². The predicted octanol–water partition coefficient (Wildman–Crippen LogP) is 2.48. The van der Waals surface area contributed by atoms with E-state index >= 15 is 0 Å². The van der Waals surface area contributed by atoms with Crippen LogP contribution in [-0.2, 0) is 7.05 Å². The van der Waals surface area contributed by atoms with Gasteiger partial charge in [0.25, 0.3) is 0 Å². The molecule has 0 aromatic carbocycles. The smallest absolute Gasteiger partial charge is 0.177 e. The van der Waals surface area contributed by atoms with Crippen molar-refractivity contribution in [1.29, 1.82) is 0 Å². The molecule has 0 aliphatic heterocycles. The zero-order valence-corrected chi connectivity index (χ0v) is 7.26. The zero-order valence-electron chi connectivity index (χ0n) is 7.26. The van der Waals surface area contributed by atoms with Crippen LogP contribution in [0.4, 0.5) is 0 Å². The van der Waals surface area contributed by atoms with Crippen molar-refractivity contribution in [2.24, 2.45) is 7.05 Å². The quantitative estimate of drug-likeness (QED) is 0.505. The van der Waals surface area contributed by atoms with Gasteiger partial charge in [0, 0.05) is 19.1 Å². The van der Waals surface area contributed by atoms with Crippen LogP contribution in [0.15, 0.2) is 24.4 Å². The van der Waals surface area contributed by atoms with Crippen molar-refractivity contribution in [3.8, 4) is 0 Å². The predicted molar refractivity (Wildman–Crippen MR) is 50.4 cm³/mol. The standard InChI is InChI=1S/C7H10N.C2H6.CH4/c1-7-5-3-4-6-8(7)2;1-2;/h3-6H,1-2H3;1-2H3;1H4/q+1;;. The van der Waals surface area contributed by atoms with Crippen LogP contribution in [0.25, 0.3) is 0 Å². The molecule has 0 bridgehead atoms. The molecule has 0 amide bonds. The van der Waals surface area contributed by atoms with Gasteiger partial charge >= 0.3 is 0 Å². The average Bonchev–Trinajstić information content (AvgIpc) is 2.00. The summed E-state index contributed by atoms with van der Waals surface area (Å²) < 4.78 is 2.08. The highest BCUT2D eigenvalue weighted by Crippen LogP contribution is 1.83. The maximum atomic E-state index is 2.08. The lowest BCUT2D eigenvalue weighted by Gasteiger charge is -1.87. The van der Waals surface area contributed by atoms with Crippen LogP contribution in [-0.4, -0.2) is 0 Å². The molecule has 11 heavy (non-hydrogen) atoms. The first-order valence-corrected chi connectivity index (χ1v) is 3.72. The molecule has 0 fully saturated rings.